The van der Waals surface area contributed by atoms with E-state index in [1.807, 2.05) is 24.3 Å². The topological polar surface area (TPSA) is 52.1 Å². The normalized spacial score (nSPS) is 9.85. The van der Waals surface area contributed by atoms with Crippen LogP contribution in [0.1, 0.15) is 0 Å². The Morgan fingerprint density at radius 3 is 3.00 bits per heavy atom. The van der Waals surface area contributed by atoms with Gasteiger partial charge in [0, 0.05) is 11.6 Å². The van der Waals surface area contributed by atoms with Gasteiger partial charge in [0.2, 0.25) is 0 Å². The maximum atomic E-state index is 10.0. The zero-order chi connectivity index (χ0) is 9.10. The molecule has 1 heterocycles. The van der Waals surface area contributed by atoms with Crippen molar-refractivity contribution in [2.24, 2.45) is 0 Å². The molecule has 4 heteroatoms. The molecule has 0 atom stereocenters. The van der Waals surface area contributed by atoms with Crippen molar-refractivity contribution in [1.29, 1.82) is 0 Å². The molecule has 2 rings (SSSR count). The predicted octanol–water partition coefficient (Wildman–Crippen LogP) is 1.16. The predicted molar refractivity (Wildman–Crippen MR) is 46.2 cm³/mol. The van der Waals surface area contributed by atoms with E-state index >= 15 is 0 Å². The van der Waals surface area contributed by atoms with Crippen LogP contribution >= 0.6 is 0 Å². The first-order chi connectivity index (χ1) is 6.40. The van der Waals surface area contributed by atoms with E-state index in [9.17, 15) is 4.79 Å². The van der Waals surface area contributed by atoms with Crippen molar-refractivity contribution >= 4 is 17.4 Å². The Morgan fingerprint density at radius 1 is 1.31 bits per heavy atom. The maximum Gasteiger partial charge on any atom is 0.324 e. The van der Waals surface area contributed by atoms with Crippen LogP contribution in [0.4, 0.5) is 0 Å². The van der Waals surface area contributed by atoms with Gasteiger partial charge in [0.05, 0.1) is 5.52 Å². The van der Waals surface area contributed by atoms with Gasteiger partial charge in [-0.25, -0.2) is 4.98 Å². The van der Waals surface area contributed by atoms with Gasteiger partial charge in [0.25, 0.3) is 0 Å². The Bertz CT molecular complexity index is 442. The fourth-order valence-corrected chi connectivity index (χ4v) is 1.06. The number of fused-ring (bicyclic) bond motifs is 1. The zero-order valence-corrected chi connectivity index (χ0v) is 6.68. The highest BCUT2D eigenvalue weighted by atomic mass is 16.5. The minimum atomic E-state index is 0.0775. The summed E-state index contributed by atoms with van der Waals surface area (Å²) in [5.41, 5.74) is 0.759. The summed E-state index contributed by atoms with van der Waals surface area (Å²) in [6.45, 7) is 0.310. The third-order valence-corrected chi connectivity index (χ3v) is 1.62. The fraction of sp³-hybridized carbons (Fsp3) is 0. The van der Waals surface area contributed by atoms with E-state index in [4.69, 9.17) is 0 Å². The highest BCUT2D eigenvalue weighted by Gasteiger charge is 1.98. The van der Waals surface area contributed by atoms with E-state index in [2.05, 4.69) is 14.7 Å². The Labute approximate surface area is 74.2 Å². The number of nitrogens with zero attached hydrogens (tertiary/aromatic N) is 2. The van der Waals surface area contributed by atoms with Crippen molar-refractivity contribution < 1.29 is 9.53 Å². The third-order valence-electron chi connectivity index (χ3n) is 1.62. The van der Waals surface area contributed by atoms with Crippen molar-refractivity contribution in [3.05, 3.63) is 30.5 Å². The summed E-state index contributed by atoms with van der Waals surface area (Å²) in [6.07, 6.45) is 1.61. The number of rotatable bonds is 2. The van der Waals surface area contributed by atoms with Crippen molar-refractivity contribution in [1.82, 2.24) is 9.97 Å². The fourth-order valence-electron chi connectivity index (χ4n) is 1.06. The second-order valence-corrected chi connectivity index (χ2v) is 2.43. The average molecular weight is 174 g/mol. The second-order valence-electron chi connectivity index (χ2n) is 2.43. The summed E-state index contributed by atoms with van der Waals surface area (Å²) in [4.78, 5) is 17.8. The maximum absolute atomic E-state index is 10.0. The van der Waals surface area contributed by atoms with Crippen molar-refractivity contribution in [2.45, 2.75) is 0 Å². The van der Waals surface area contributed by atoms with Crippen molar-refractivity contribution in [3.8, 4) is 6.01 Å². The van der Waals surface area contributed by atoms with Gasteiger partial charge in [0.1, 0.15) is 0 Å². The number of hydrogen-bond donors (Lipinski definition) is 0. The zero-order valence-electron chi connectivity index (χ0n) is 6.68. The Kier molecular flexibility index (Phi) is 1.88. The molecule has 0 bridgehead atoms. The number of carbonyl (C=O) groups excluding carboxylic acids is 1. The third kappa shape index (κ3) is 1.46. The molecule has 1 aromatic carbocycles. The molecule has 0 aliphatic rings. The molecule has 13 heavy (non-hydrogen) atoms. The van der Waals surface area contributed by atoms with Gasteiger partial charge in [0.15, 0.2) is 0 Å². The van der Waals surface area contributed by atoms with Gasteiger partial charge in [-0.05, 0) is 6.07 Å². The Balaban J connectivity index is 2.55. The minimum Gasteiger partial charge on any atom is -0.393 e. The van der Waals surface area contributed by atoms with Crippen LogP contribution in [0.3, 0.4) is 0 Å². The van der Waals surface area contributed by atoms with Crippen LogP contribution in [-0.2, 0) is 4.79 Å². The van der Waals surface area contributed by atoms with Crippen LogP contribution in [0.5, 0.6) is 6.01 Å². The first-order valence-electron chi connectivity index (χ1n) is 3.72. The summed E-state index contributed by atoms with van der Waals surface area (Å²) >= 11 is 0. The molecule has 1 aromatic heterocycles. The summed E-state index contributed by atoms with van der Waals surface area (Å²) in [5.74, 6) is 0. The average Bonchev–Trinajstić information content (AvgIpc) is 2.18. The number of hydrogen-bond acceptors (Lipinski definition) is 4. The molecule has 0 saturated heterocycles. The van der Waals surface area contributed by atoms with Crippen molar-refractivity contribution in [3.63, 3.8) is 0 Å². The molecule has 64 valence electrons. The number of aromatic nitrogens is 2. The van der Waals surface area contributed by atoms with E-state index in [0.29, 0.717) is 6.47 Å². The largest absolute Gasteiger partial charge is 0.393 e. The first kappa shape index (κ1) is 7.67. The quantitative estimate of drug-likeness (QED) is 0.641. The molecule has 0 spiro atoms. The highest BCUT2D eigenvalue weighted by Crippen LogP contribution is 2.12. The minimum absolute atomic E-state index is 0.0775. The summed E-state index contributed by atoms with van der Waals surface area (Å²) in [5, 5.41) is 0.917. The number of benzene rings is 1. The van der Waals surface area contributed by atoms with E-state index < -0.39 is 0 Å². The lowest BCUT2D eigenvalue weighted by molar-refractivity contribution is -0.121. The second kappa shape index (κ2) is 3.18. The Morgan fingerprint density at radius 2 is 2.15 bits per heavy atom. The van der Waals surface area contributed by atoms with E-state index in [1.54, 1.807) is 6.20 Å². The number of carbonyl (C=O) groups is 1. The SMILES string of the molecule is O=COc1ncc2ccccc2n1. The van der Waals surface area contributed by atoms with Crippen LogP contribution in [0.15, 0.2) is 30.5 Å². The van der Waals surface area contributed by atoms with Gasteiger partial charge >= 0.3 is 12.5 Å². The number of ether oxygens (including phenoxy) is 1. The van der Waals surface area contributed by atoms with Crippen LogP contribution in [0, 0.1) is 0 Å². The summed E-state index contributed by atoms with van der Waals surface area (Å²) in [7, 11) is 0. The summed E-state index contributed by atoms with van der Waals surface area (Å²) < 4.78 is 4.51. The molecule has 0 amide bonds. The molecule has 2 aromatic rings. The first-order valence-corrected chi connectivity index (χ1v) is 3.72. The van der Waals surface area contributed by atoms with Gasteiger partial charge in [-0.2, -0.15) is 4.98 Å². The molecule has 0 aliphatic carbocycles. The molecule has 0 radical (unpaired) electrons. The molecular formula is C9H6N2O2. The van der Waals surface area contributed by atoms with E-state index in [1.165, 1.54) is 0 Å². The molecule has 4 nitrogen and oxygen atoms in total. The number of para-hydroxylation sites is 1. The summed E-state index contributed by atoms with van der Waals surface area (Å²) in [6, 6.07) is 7.55. The van der Waals surface area contributed by atoms with E-state index in [-0.39, 0.29) is 6.01 Å². The molecular weight excluding hydrogens is 168 g/mol. The molecule has 0 saturated carbocycles. The van der Waals surface area contributed by atoms with E-state index in [0.717, 1.165) is 10.9 Å². The van der Waals surface area contributed by atoms with Crippen molar-refractivity contribution in [2.75, 3.05) is 0 Å². The van der Waals surface area contributed by atoms with Gasteiger partial charge in [-0.3, -0.25) is 4.79 Å². The molecule has 0 aliphatic heterocycles. The van der Waals surface area contributed by atoms with Gasteiger partial charge < -0.3 is 4.74 Å². The lowest BCUT2D eigenvalue weighted by Gasteiger charge is -1.97. The molecule has 0 fully saturated rings. The molecule has 0 N–H and O–H groups in total. The van der Waals surface area contributed by atoms with Crippen LogP contribution in [-0.4, -0.2) is 16.4 Å². The smallest absolute Gasteiger partial charge is 0.324 e. The van der Waals surface area contributed by atoms with Crippen LogP contribution < -0.4 is 4.74 Å². The monoisotopic (exact) mass is 174 g/mol. The molecule has 0 unspecified atom stereocenters. The lowest BCUT2D eigenvalue weighted by atomic mass is 10.2. The van der Waals surface area contributed by atoms with Gasteiger partial charge in [-0.15, -0.1) is 0 Å². The lowest BCUT2D eigenvalue weighted by Crippen LogP contribution is -1.94. The van der Waals surface area contributed by atoms with Crippen LogP contribution in [0.2, 0.25) is 0 Å². The standard InChI is InChI=1S/C9H6N2O2/c12-6-13-9-10-5-7-3-1-2-4-8(7)11-9/h1-6H. The van der Waals surface area contributed by atoms with Gasteiger partial charge in [-0.1, -0.05) is 18.2 Å². The Hall–Kier alpha value is -1.97. The van der Waals surface area contributed by atoms with Crippen LogP contribution in [0.25, 0.3) is 10.9 Å². The highest BCUT2D eigenvalue weighted by molar-refractivity contribution is 5.77.